The summed E-state index contributed by atoms with van der Waals surface area (Å²) < 4.78 is 17.5. The van der Waals surface area contributed by atoms with Crippen LogP contribution in [0.25, 0.3) is 10.9 Å². The molecule has 3 unspecified atom stereocenters. The number of rotatable bonds is 7. The summed E-state index contributed by atoms with van der Waals surface area (Å²) in [5.74, 6) is 3.36. The minimum Gasteiger partial charge on any atom is -0.496 e. The first-order chi connectivity index (χ1) is 20.2. The third kappa shape index (κ3) is 6.13. The summed E-state index contributed by atoms with van der Waals surface area (Å²) in [5.41, 5.74) is 2.38. The summed E-state index contributed by atoms with van der Waals surface area (Å²) in [6.45, 7) is 3.93. The van der Waals surface area contributed by atoms with E-state index in [1.165, 1.54) is 37.1 Å². The number of halogens is 1. The average Bonchev–Trinajstić information content (AvgIpc) is 3.29. The van der Waals surface area contributed by atoms with Crippen molar-refractivity contribution in [2.75, 3.05) is 27.1 Å². The maximum absolute atomic E-state index is 13.4. The first-order valence-electron chi connectivity index (χ1n) is 14.3. The largest absolute Gasteiger partial charge is 0.496 e. The summed E-state index contributed by atoms with van der Waals surface area (Å²) in [5, 5.41) is 4.74. The Hall–Kier alpha value is -3.17. The van der Waals surface area contributed by atoms with E-state index in [4.69, 9.17) is 30.8 Å². The third-order valence-corrected chi connectivity index (χ3v) is 9.95. The highest BCUT2D eigenvalue weighted by Gasteiger charge is 2.41. The Kier molecular flexibility index (Phi) is 9.08. The average molecular weight is 612 g/mol. The Morgan fingerprint density at radius 1 is 1.10 bits per heavy atom. The van der Waals surface area contributed by atoms with Gasteiger partial charge in [-0.1, -0.05) is 61.2 Å². The maximum atomic E-state index is 13.4. The Morgan fingerprint density at radius 3 is 2.43 bits per heavy atom. The first kappa shape index (κ1) is 30.3. The van der Waals surface area contributed by atoms with Crippen LogP contribution >= 0.6 is 23.4 Å². The van der Waals surface area contributed by atoms with E-state index in [0.29, 0.717) is 39.6 Å². The van der Waals surface area contributed by atoms with Gasteiger partial charge in [0.15, 0.2) is 5.17 Å². The van der Waals surface area contributed by atoms with Crippen molar-refractivity contribution in [2.24, 2.45) is 16.8 Å². The summed E-state index contributed by atoms with van der Waals surface area (Å²) >= 11 is 7.76. The van der Waals surface area contributed by atoms with Crippen LogP contribution in [0.4, 0.5) is 0 Å². The molecule has 0 saturated heterocycles. The molecular weight excluding hydrogens is 574 g/mol. The van der Waals surface area contributed by atoms with Gasteiger partial charge in [-0.15, -0.1) is 0 Å². The van der Waals surface area contributed by atoms with Gasteiger partial charge in [0.25, 0.3) is 5.91 Å². The fourth-order valence-corrected chi connectivity index (χ4v) is 7.44. The topological polar surface area (TPSA) is 91.2 Å². The molecule has 0 bridgehead atoms. The van der Waals surface area contributed by atoms with Crippen LogP contribution < -0.4 is 14.8 Å². The van der Waals surface area contributed by atoms with E-state index in [-0.39, 0.29) is 12.5 Å². The van der Waals surface area contributed by atoms with Gasteiger partial charge in [-0.05, 0) is 55.9 Å². The van der Waals surface area contributed by atoms with Gasteiger partial charge in [-0.2, -0.15) is 0 Å². The van der Waals surface area contributed by atoms with Crippen LogP contribution in [0.2, 0.25) is 5.02 Å². The van der Waals surface area contributed by atoms with Crippen molar-refractivity contribution in [3.8, 4) is 11.5 Å². The number of thioether (sulfide) groups is 1. The molecule has 3 atom stereocenters. The number of nitrogens with zero attached hydrogens (tertiary/aromatic N) is 2. The van der Waals surface area contributed by atoms with Crippen molar-refractivity contribution in [3.63, 3.8) is 0 Å². The van der Waals surface area contributed by atoms with Crippen LogP contribution in [-0.4, -0.2) is 48.7 Å². The van der Waals surface area contributed by atoms with Crippen LogP contribution in [0.3, 0.4) is 0 Å². The van der Waals surface area contributed by atoms with Crippen LogP contribution in [0.5, 0.6) is 11.5 Å². The Labute approximate surface area is 256 Å². The van der Waals surface area contributed by atoms with E-state index in [0.717, 1.165) is 22.0 Å². The fraction of sp³-hybridized carbons (Fsp3) is 0.469. The molecule has 2 aliphatic carbocycles. The van der Waals surface area contributed by atoms with Crippen molar-refractivity contribution in [1.29, 1.82) is 0 Å². The van der Waals surface area contributed by atoms with E-state index in [1.54, 1.807) is 50.2 Å². The molecule has 2 saturated carbocycles. The lowest BCUT2D eigenvalue weighted by molar-refractivity contribution is -0.141. The number of methoxy groups -OCH3 is 3. The number of aryl methyl sites for hydroxylation is 1. The minimum absolute atomic E-state index is 0.0773. The van der Waals surface area contributed by atoms with Gasteiger partial charge >= 0.3 is 5.97 Å². The molecule has 3 aromatic rings. The second-order valence-corrected chi connectivity index (χ2v) is 12.5. The number of ether oxygens (including phenoxy) is 3. The van der Waals surface area contributed by atoms with Crippen molar-refractivity contribution in [3.05, 3.63) is 58.2 Å². The Bertz CT molecular complexity index is 1530. The van der Waals surface area contributed by atoms with Crippen LogP contribution in [-0.2, 0) is 21.6 Å². The number of amidine groups is 1. The number of benzene rings is 2. The zero-order chi connectivity index (χ0) is 30.0. The van der Waals surface area contributed by atoms with E-state index in [9.17, 15) is 9.59 Å². The highest BCUT2D eigenvalue weighted by molar-refractivity contribution is 8.14. The summed E-state index contributed by atoms with van der Waals surface area (Å²) in [6.07, 6.45) is 6.91. The molecule has 2 fully saturated rings. The van der Waals surface area contributed by atoms with Gasteiger partial charge in [-0.3, -0.25) is 14.9 Å². The predicted octanol–water partition coefficient (Wildman–Crippen LogP) is 6.74. The maximum Gasteiger partial charge on any atom is 0.325 e. The fourth-order valence-electron chi connectivity index (χ4n) is 6.01. The highest BCUT2D eigenvalue weighted by Crippen LogP contribution is 2.51. The Balaban J connectivity index is 0.000000513. The summed E-state index contributed by atoms with van der Waals surface area (Å²) in [7, 11) is 4.47. The smallest absolute Gasteiger partial charge is 0.325 e. The van der Waals surface area contributed by atoms with Gasteiger partial charge in [-0.25, -0.2) is 4.99 Å². The second-order valence-electron chi connectivity index (χ2n) is 11.2. The van der Waals surface area contributed by atoms with Gasteiger partial charge in [0.2, 0.25) is 0 Å². The molecule has 2 aromatic carbocycles. The van der Waals surface area contributed by atoms with Crippen LogP contribution in [0.1, 0.15) is 60.6 Å². The minimum atomic E-state index is -0.633. The lowest BCUT2D eigenvalue weighted by Crippen LogP contribution is -2.30. The zero-order valence-electron chi connectivity index (χ0n) is 24.8. The molecule has 1 aliphatic heterocycles. The quantitative estimate of drug-likeness (QED) is 0.298. The lowest BCUT2D eigenvalue weighted by atomic mass is 9.89. The summed E-state index contributed by atoms with van der Waals surface area (Å²) in [6, 6.07) is 11.2. The number of aliphatic imine (C=N–C) groups is 1. The SMILES string of the molecule is C1CC2CC2C1.CCC1(c2cc(OC)c(Cl)cc2OC)CSC(NC(=O)c2cc3cc(C)ccc3n2CC(=O)OC)=N1. The van der Waals surface area contributed by atoms with Crippen LogP contribution in [0.15, 0.2) is 41.4 Å². The van der Waals surface area contributed by atoms with Gasteiger partial charge in [0.05, 0.1) is 26.4 Å². The standard InChI is InChI=1S/C26H28ClN3O5S.C6H10/c1-6-26(17-11-22(34-4)18(27)12-21(17)33-3)14-36-25(29-26)28-24(32)20-10-16-9-15(2)7-8-19(16)30(20)13-23(31)35-5;1-2-5-4-6(5)3-1/h7-12H,6,13-14H2,1-5H3,(H,28,29,32);5-6H,1-4H2. The molecule has 1 amide bonds. The molecule has 224 valence electrons. The van der Waals surface area contributed by atoms with E-state index in [2.05, 4.69) is 5.32 Å². The van der Waals surface area contributed by atoms with Crippen molar-refractivity contribution in [2.45, 2.75) is 58.0 Å². The van der Waals surface area contributed by atoms with Crippen LogP contribution in [0, 0.1) is 18.8 Å². The highest BCUT2D eigenvalue weighted by atomic mass is 35.5. The molecule has 1 N–H and O–H groups in total. The number of esters is 1. The number of hydrogen-bond acceptors (Lipinski definition) is 7. The monoisotopic (exact) mass is 611 g/mol. The van der Waals surface area contributed by atoms with Crippen molar-refractivity contribution >= 4 is 51.3 Å². The zero-order valence-corrected chi connectivity index (χ0v) is 26.4. The molecule has 3 aliphatic rings. The normalized spacial score (nSPS) is 22.1. The molecule has 0 radical (unpaired) electrons. The van der Waals surface area contributed by atoms with Crippen molar-refractivity contribution in [1.82, 2.24) is 9.88 Å². The second kappa shape index (κ2) is 12.6. The number of carbonyl (C=O) groups excluding carboxylic acids is 2. The third-order valence-electron chi connectivity index (χ3n) is 8.57. The number of nitrogens with one attached hydrogen (secondary N) is 1. The van der Waals surface area contributed by atoms with Gasteiger partial charge < -0.3 is 18.8 Å². The number of carbonyl (C=O) groups is 2. The molecule has 8 nitrogen and oxygen atoms in total. The molecule has 1 aromatic heterocycles. The first-order valence-corrected chi connectivity index (χ1v) is 15.7. The molecule has 6 rings (SSSR count). The van der Waals surface area contributed by atoms with E-state index >= 15 is 0 Å². The lowest BCUT2D eigenvalue weighted by Gasteiger charge is -2.26. The number of fused-ring (bicyclic) bond motifs is 2. The Morgan fingerprint density at radius 2 is 1.83 bits per heavy atom. The predicted molar refractivity (Wildman–Crippen MR) is 168 cm³/mol. The molecule has 10 heteroatoms. The molecular formula is C32H38ClN3O5S. The van der Waals surface area contributed by atoms with E-state index in [1.807, 2.05) is 38.1 Å². The molecule has 42 heavy (non-hydrogen) atoms. The van der Waals surface area contributed by atoms with Gasteiger partial charge in [0, 0.05) is 28.3 Å². The van der Waals surface area contributed by atoms with E-state index < -0.39 is 11.5 Å². The number of hydrogen-bond donors (Lipinski definition) is 1. The summed E-state index contributed by atoms with van der Waals surface area (Å²) in [4.78, 5) is 30.4. The van der Waals surface area contributed by atoms with Crippen molar-refractivity contribution < 1.29 is 23.8 Å². The molecule has 0 spiro atoms. The number of aromatic nitrogens is 1. The van der Waals surface area contributed by atoms with Gasteiger partial charge in [0.1, 0.15) is 29.3 Å². The molecule has 2 heterocycles. The number of amides is 1.